The molecule has 0 aliphatic carbocycles. The highest BCUT2D eigenvalue weighted by molar-refractivity contribution is 5.61. The molecule has 0 spiro atoms. The topological polar surface area (TPSA) is 69.4 Å². The Labute approximate surface area is 95.0 Å². The molecule has 1 fully saturated rings. The Morgan fingerprint density at radius 2 is 2.38 bits per heavy atom. The zero-order chi connectivity index (χ0) is 11.4. The summed E-state index contributed by atoms with van der Waals surface area (Å²) < 4.78 is 10.8. The lowest BCUT2D eigenvalue weighted by atomic mass is 10.3. The summed E-state index contributed by atoms with van der Waals surface area (Å²) in [6.45, 7) is 4.56. The molecule has 1 aliphatic rings. The van der Waals surface area contributed by atoms with Gasteiger partial charge in [0.05, 0.1) is 31.6 Å². The van der Waals surface area contributed by atoms with Crippen molar-refractivity contribution in [2.45, 2.75) is 13.0 Å². The zero-order valence-corrected chi connectivity index (χ0v) is 9.40. The van der Waals surface area contributed by atoms with Crippen molar-refractivity contribution in [2.24, 2.45) is 0 Å². The molecular formula is C11H17N3O2. The van der Waals surface area contributed by atoms with Crippen molar-refractivity contribution in [3.63, 3.8) is 0 Å². The van der Waals surface area contributed by atoms with Crippen LogP contribution in [0.15, 0.2) is 12.1 Å². The summed E-state index contributed by atoms with van der Waals surface area (Å²) in [5, 5.41) is 3.18. The summed E-state index contributed by atoms with van der Waals surface area (Å²) in [5.41, 5.74) is 7.41. The van der Waals surface area contributed by atoms with E-state index in [9.17, 15) is 0 Å². The molecular weight excluding hydrogens is 206 g/mol. The van der Waals surface area contributed by atoms with Gasteiger partial charge in [0.2, 0.25) is 0 Å². The van der Waals surface area contributed by atoms with E-state index in [1.54, 1.807) is 0 Å². The maximum atomic E-state index is 5.81. The number of anilines is 2. The molecule has 0 saturated carbocycles. The van der Waals surface area contributed by atoms with E-state index in [0.29, 0.717) is 37.9 Å². The predicted molar refractivity (Wildman–Crippen MR) is 62.4 cm³/mol. The highest BCUT2D eigenvalue weighted by Crippen LogP contribution is 2.15. The lowest BCUT2D eigenvalue weighted by molar-refractivity contribution is -0.0819. The molecule has 1 unspecified atom stereocenters. The van der Waals surface area contributed by atoms with E-state index in [1.807, 2.05) is 19.1 Å². The van der Waals surface area contributed by atoms with E-state index in [4.69, 9.17) is 15.2 Å². The van der Waals surface area contributed by atoms with Gasteiger partial charge in [0.25, 0.3) is 0 Å². The summed E-state index contributed by atoms with van der Waals surface area (Å²) in [4.78, 5) is 4.32. The number of hydrogen-bond acceptors (Lipinski definition) is 5. The van der Waals surface area contributed by atoms with Crippen LogP contribution in [0.4, 0.5) is 11.5 Å². The van der Waals surface area contributed by atoms with Crippen LogP contribution in [0.5, 0.6) is 0 Å². The van der Waals surface area contributed by atoms with Crippen LogP contribution in [0.1, 0.15) is 5.69 Å². The average Bonchev–Trinajstić information content (AvgIpc) is 2.32. The van der Waals surface area contributed by atoms with E-state index >= 15 is 0 Å². The van der Waals surface area contributed by atoms with Crippen LogP contribution in [0, 0.1) is 6.92 Å². The van der Waals surface area contributed by atoms with Gasteiger partial charge < -0.3 is 20.5 Å². The number of aryl methyl sites for hydroxylation is 1. The second-order valence-corrected chi connectivity index (χ2v) is 3.84. The smallest absolute Gasteiger partial charge is 0.149 e. The second-order valence-electron chi connectivity index (χ2n) is 3.84. The van der Waals surface area contributed by atoms with Gasteiger partial charge >= 0.3 is 0 Å². The van der Waals surface area contributed by atoms with Crippen molar-refractivity contribution in [3.05, 3.63) is 17.8 Å². The first-order valence-corrected chi connectivity index (χ1v) is 5.42. The quantitative estimate of drug-likeness (QED) is 0.793. The number of nitrogen functional groups attached to an aromatic ring is 1. The molecule has 1 aromatic heterocycles. The molecule has 0 aromatic carbocycles. The Bertz CT molecular complexity index is 351. The largest absolute Gasteiger partial charge is 0.396 e. The molecule has 2 rings (SSSR count). The van der Waals surface area contributed by atoms with Crippen molar-refractivity contribution in [3.8, 4) is 0 Å². The molecule has 2 heterocycles. The second kappa shape index (κ2) is 5.14. The van der Waals surface area contributed by atoms with Gasteiger partial charge in [0.15, 0.2) is 0 Å². The van der Waals surface area contributed by atoms with Gasteiger partial charge in [-0.05, 0) is 19.1 Å². The Morgan fingerprint density at radius 1 is 1.50 bits per heavy atom. The predicted octanol–water partition coefficient (Wildman–Crippen LogP) is 0.800. The third-order valence-electron chi connectivity index (χ3n) is 2.45. The Morgan fingerprint density at radius 3 is 3.12 bits per heavy atom. The summed E-state index contributed by atoms with van der Waals surface area (Å²) in [6, 6.07) is 3.74. The van der Waals surface area contributed by atoms with Gasteiger partial charge in [-0.15, -0.1) is 0 Å². The average molecular weight is 223 g/mol. The molecule has 1 aliphatic heterocycles. The highest BCUT2D eigenvalue weighted by atomic mass is 16.6. The number of aromatic nitrogens is 1. The Hall–Kier alpha value is -1.33. The Balaban J connectivity index is 1.90. The molecule has 1 atom stereocenters. The lowest BCUT2D eigenvalue weighted by Gasteiger charge is -2.23. The number of nitrogens with zero attached hydrogens (tertiary/aromatic N) is 1. The van der Waals surface area contributed by atoms with Gasteiger partial charge in [0.1, 0.15) is 5.82 Å². The van der Waals surface area contributed by atoms with Gasteiger partial charge in [-0.3, -0.25) is 0 Å². The fraction of sp³-hybridized carbons (Fsp3) is 0.545. The van der Waals surface area contributed by atoms with Crippen LogP contribution in [-0.4, -0.2) is 37.5 Å². The fourth-order valence-electron chi connectivity index (χ4n) is 1.57. The standard InChI is InChI=1S/C11H17N3O2/c1-8-2-3-10(12)11(14-8)13-6-9-7-15-4-5-16-9/h2-3,9H,4-7,12H2,1H3,(H,13,14). The molecule has 3 N–H and O–H groups in total. The normalized spacial score (nSPS) is 20.7. The zero-order valence-electron chi connectivity index (χ0n) is 9.40. The van der Waals surface area contributed by atoms with Crippen molar-refractivity contribution < 1.29 is 9.47 Å². The minimum absolute atomic E-state index is 0.0791. The molecule has 1 saturated heterocycles. The van der Waals surface area contributed by atoms with E-state index in [2.05, 4.69) is 10.3 Å². The summed E-state index contributed by atoms with van der Waals surface area (Å²) in [5.74, 6) is 0.717. The van der Waals surface area contributed by atoms with Crippen molar-refractivity contribution in [1.29, 1.82) is 0 Å². The minimum atomic E-state index is 0.0791. The van der Waals surface area contributed by atoms with Crippen molar-refractivity contribution in [1.82, 2.24) is 4.98 Å². The van der Waals surface area contributed by atoms with E-state index in [-0.39, 0.29) is 6.10 Å². The van der Waals surface area contributed by atoms with Gasteiger partial charge in [-0.2, -0.15) is 0 Å². The molecule has 1 aromatic rings. The van der Waals surface area contributed by atoms with Crippen LogP contribution >= 0.6 is 0 Å². The summed E-state index contributed by atoms with van der Waals surface area (Å²) >= 11 is 0. The molecule has 0 bridgehead atoms. The van der Waals surface area contributed by atoms with Crippen molar-refractivity contribution >= 4 is 11.5 Å². The summed E-state index contributed by atoms with van der Waals surface area (Å²) in [6.07, 6.45) is 0.0791. The van der Waals surface area contributed by atoms with Crippen LogP contribution in [0.2, 0.25) is 0 Å². The monoisotopic (exact) mass is 223 g/mol. The SMILES string of the molecule is Cc1ccc(N)c(NCC2COCCO2)n1. The fourth-order valence-corrected chi connectivity index (χ4v) is 1.57. The number of rotatable bonds is 3. The summed E-state index contributed by atoms with van der Waals surface area (Å²) in [7, 11) is 0. The third kappa shape index (κ3) is 2.84. The molecule has 5 heteroatoms. The van der Waals surface area contributed by atoms with Crippen LogP contribution in [0.25, 0.3) is 0 Å². The maximum Gasteiger partial charge on any atom is 0.149 e. The number of pyridine rings is 1. The molecule has 0 amide bonds. The Kier molecular flexibility index (Phi) is 3.58. The third-order valence-corrected chi connectivity index (χ3v) is 2.45. The highest BCUT2D eigenvalue weighted by Gasteiger charge is 2.14. The minimum Gasteiger partial charge on any atom is -0.396 e. The number of nitrogens with one attached hydrogen (secondary N) is 1. The number of nitrogens with two attached hydrogens (primary N) is 1. The lowest BCUT2D eigenvalue weighted by Crippen LogP contribution is -2.34. The first-order valence-electron chi connectivity index (χ1n) is 5.42. The van der Waals surface area contributed by atoms with Crippen molar-refractivity contribution in [2.75, 3.05) is 37.4 Å². The van der Waals surface area contributed by atoms with E-state index < -0.39 is 0 Å². The van der Waals surface area contributed by atoms with Gasteiger partial charge in [-0.25, -0.2) is 4.98 Å². The molecule has 16 heavy (non-hydrogen) atoms. The first kappa shape index (κ1) is 11.2. The molecule has 0 radical (unpaired) electrons. The van der Waals surface area contributed by atoms with Crippen LogP contribution < -0.4 is 11.1 Å². The van der Waals surface area contributed by atoms with E-state index in [0.717, 1.165) is 5.69 Å². The van der Waals surface area contributed by atoms with Crippen LogP contribution in [-0.2, 0) is 9.47 Å². The van der Waals surface area contributed by atoms with Gasteiger partial charge in [-0.1, -0.05) is 0 Å². The number of ether oxygens (including phenoxy) is 2. The van der Waals surface area contributed by atoms with Crippen LogP contribution in [0.3, 0.4) is 0 Å². The van der Waals surface area contributed by atoms with Gasteiger partial charge in [0, 0.05) is 12.2 Å². The maximum absolute atomic E-state index is 5.81. The first-order chi connectivity index (χ1) is 7.75. The van der Waals surface area contributed by atoms with E-state index in [1.165, 1.54) is 0 Å². The number of hydrogen-bond donors (Lipinski definition) is 2. The molecule has 5 nitrogen and oxygen atoms in total. The molecule has 88 valence electrons.